The van der Waals surface area contributed by atoms with Crippen LogP contribution in [0.5, 0.6) is 0 Å². The van der Waals surface area contributed by atoms with E-state index in [0.717, 1.165) is 22.2 Å². The number of halogens is 1. The van der Waals surface area contributed by atoms with E-state index in [1.165, 1.54) is 11.3 Å². The van der Waals surface area contributed by atoms with Crippen LogP contribution in [-0.4, -0.2) is 15.9 Å². The Morgan fingerprint density at radius 1 is 1.15 bits per heavy atom. The van der Waals surface area contributed by atoms with Crippen molar-refractivity contribution in [3.63, 3.8) is 0 Å². The van der Waals surface area contributed by atoms with E-state index < -0.39 is 0 Å². The molecule has 0 aliphatic carbocycles. The Kier molecular flexibility index (Phi) is 4.51. The molecular formula is C20H15ClN4OS. The number of hydrogen-bond acceptors (Lipinski definition) is 5. The van der Waals surface area contributed by atoms with E-state index in [9.17, 15) is 4.79 Å². The maximum absolute atomic E-state index is 12.6. The summed E-state index contributed by atoms with van der Waals surface area (Å²) in [7, 11) is 0. The summed E-state index contributed by atoms with van der Waals surface area (Å²) in [4.78, 5) is 22.6. The highest BCUT2D eigenvalue weighted by Crippen LogP contribution is 2.34. The number of nitrogens with two attached hydrogens (primary N) is 1. The average Bonchev–Trinajstić information content (AvgIpc) is 2.99. The number of nitrogen functional groups attached to an aromatic ring is 1. The van der Waals surface area contributed by atoms with Crippen molar-refractivity contribution in [3.05, 3.63) is 70.2 Å². The van der Waals surface area contributed by atoms with Crippen LogP contribution in [0.1, 0.15) is 15.2 Å². The summed E-state index contributed by atoms with van der Waals surface area (Å²) in [5.41, 5.74) is 9.39. The fourth-order valence-electron chi connectivity index (χ4n) is 2.72. The third kappa shape index (κ3) is 3.49. The van der Waals surface area contributed by atoms with Gasteiger partial charge in [-0.25, -0.2) is 9.97 Å². The maximum atomic E-state index is 12.6. The number of carbonyl (C=O) groups excluding carboxylic acids is 1. The maximum Gasteiger partial charge on any atom is 0.269 e. The molecule has 7 heteroatoms. The van der Waals surface area contributed by atoms with E-state index in [4.69, 9.17) is 17.3 Å². The van der Waals surface area contributed by atoms with Crippen LogP contribution in [-0.2, 0) is 0 Å². The monoisotopic (exact) mass is 394 g/mol. The summed E-state index contributed by atoms with van der Waals surface area (Å²) in [6.45, 7) is 1.94. The Bertz CT molecular complexity index is 1150. The van der Waals surface area contributed by atoms with Gasteiger partial charge in [0.1, 0.15) is 15.5 Å². The number of benzene rings is 1. The van der Waals surface area contributed by atoms with Gasteiger partial charge < -0.3 is 11.1 Å². The summed E-state index contributed by atoms with van der Waals surface area (Å²) >= 11 is 7.21. The van der Waals surface area contributed by atoms with Gasteiger partial charge in [0.25, 0.3) is 5.91 Å². The van der Waals surface area contributed by atoms with Gasteiger partial charge >= 0.3 is 0 Å². The Morgan fingerprint density at radius 3 is 2.67 bits per heavy atom. The predicted molar refractivity (Wildman–Crippen MR) is 111 cm³/mol. The van der Waals surface area contributed by atoms with E-state index in [-0.39, 0.29) is 5.91 Å². The minimum absolute atomic E-state index is 0.290. The fourth-order valence-corrected chi connectivity index (χ4v) is 3.84. The van der Waals surface area contributed by atoms with Crippen LogP contribution >= 0.6 is 22.9 Å². The highest BCUT2D eigenvalue weighted by Gasteiger charge is 2.18. The Labute approximate surface area is 164 Å². The van der Waals surface area contributed by atoms with Gasteiger partial charge in [-0.3, -0.25) is 4.79 Å². The first-order valence-electron chi connectivity index (χ1n) is 8.20. The molecule has 5 nitrogen and oxygen atoms in total. The topological polar surface area (TPSA) is 80.9 Å². The van der Waals surface area contributed by atoms with Gasteiger partial charge in [-0.05, 0) is 48.9 Å². The van der Waals surface area contributed by atoms with Gasteiger partial charge in [-0.2, -0.15) is 0 Å². The molecule has 27 heavy (non-hydrogen) atoms. The summed E-state index contributed by atoms with van der Waals surface area (Å²) in [5.74, 6) is 0.202. The number of carbonyl (C=O) groups is 1. The van der Waals surface area contributed by atoms with Crippen molar-refractivity contribution in [2.45, 2.75) is 6.92 Å². The Morgan fingerprint density at radius 2 is 1.93 bits per heavy atom. The minimum atomic E-state index is -0.290. The van der Waals surface area contributed by atoms with Gasteiger partial charge in [0.05, 0.1) is 11.4 Å². The lowest BCUT2D eigenvalue weighted by molar-refractivity contribution is 0.103. The summed E-state index contributed by atoms with van der Waals surface area (Å²) in [6, 6.07) is 14.9. The van der Waals surface area contributed by atoms with Crippen molar-refractivity contribution < 1.29 is 4.79 Å². The van der Waals surface area contributed by atoms with Crippen LogP contribution in [0, 0.1) is 6.92 Å². The Balaban J connectivity index is 1.68. The van der Waals surface area contributed by atoms with Crippen molar-refractivity contribution in [2.75, 3.05) is 11.1 Å². The minimum Gasteiger partial charge on any atom is -0.397 e. The normalized spacial score (nSPS) is 10.9. The van der Waals surface area contributed by atoms with Crippen LogP contribution in [0.3, 0.4) is 0 Å². The number of aryl methyl sites for hydroxylation is 1. The molecular weight excluding hydrogens is 380 g/mol. The van der Waals surface area contributed by atoms with Gasteiger partial charge in [0.2, 0.25) is 0 Å². The molecule has 0 bridgehead atoms. The molecule has 0 unspecified atom stereocenters. The molecule has 3 aromatic heterocycles. The lowest BCUT2D eigenvalue weighted by Crippen LogP contribution is -2.13. The quantitative estimate of drug-likeness (QED) is 0.503. The van der Waals surface area contributed by atoms with E-state index in [2.05, 4.69) is 15.3 Å². The molecule has 0 saturated heterocycles. The lowest BCUT2D eigenvalue weighted by Gasteiger charge is -2.04. The van der Waals surface area contributed by atoms with E-state index in [0.29, 0.717) is 26.2 Å². The molecule has 4 aromatic rings. The summed E-state index contributed by atoms with van der Waals surface area (Å²) in [6.07, 6.45) is 1.65. The van der Waals surface area contributed by atoms with E-state index in [1.807, 2.05) is 49.4 Å². The number of pyridine rings is 2. The second-order valence-electron chi connectivity index (χ2n) is 6.07. The van der Waals surface area contributed by atoms with Crippen molar-refractivity contribution in [1.29, 1.82) is 0 Å². The molecule has 0 fully saturated rings. The summed E-state index contributed by atoms with van der Waals surface area (Å²) in [5, 5.41) is 4.23. The first-order chi connectivity index (χ1) is 13.0. The first kappa shape index (κ1) is 17.5. The predicted octanol–water partition coefficient (Wildman–Crippen LogP) is 5.15. The smallest absolute Gasteiger partial charge is 0.269 e. The number of nitrogens with zero attached hydrogens (tertiary/aromatic N) is 2. The van der Waals surface area contributed by atoms with Crippen LogP contribution in [0.2, 0.25) is 5.02 Å². The molecule has 0 saturated carbocycles. The third-order valence-electron chi connectivity index (χ3n) is 4.10. The first-order valence-corrected chi connectivity index (χ1v) is 9.39. The molecule has 0 radical (unpaired) electrons. The van der Waals surface area contributed by atoms with Gasteiger partial charge in [-0.15, -0.1) is 11.3 Å². The second-order valence-corrected chi connectivity index (χ2v) is 7.51. The van der Waals surface area contributed by atoms with Crippen molar-refractivity contribution in [3.8, 4) is 11.3 Å². The van der Waals surface area contributed by atoms with Crippen molar-refractivity contribution in [1.82, 2.24) is 9.97 Å². The van der Waals surface area contributed by atoms with Crippen LogP contribution < -0.4 is 11.1 Å². The Hall–Kier alpha value is -2.96. The zero-order valence-electron chi connectivity index (χ0n) is 14.4. The number of nitrogens with one attached hydrogen (secondary N) is 1. The zero-order valence-corrected chi connectivity index (χ0v) is 15.9. The lowest BCUT2D eigenvalue weighted by atomic mass is 10.1. The van der Waals surface area contributed by atoms with E-state index >= 15 is 0 Å². The molecule has 0 aliphatic rings. The number of aromatic nitrogens is 2. The third-order valence-corrected chi connectivity index (χ3v) is 5.46. The number of hydrogen-bond donors (Lipinski definition) is 2. The average molecular weight is 395 g/mol. The van der Waals surface area contributed by atoms with Crippen molar-refractivity contribution in [2.24, 2.45) is 0 Å². The molecule has 1 amide bonds. The van der Waals surface area contributed by atoms with Gasteiger partial charge in [0, 0.05) is 22.2 Å². The number of amides is 1. The van der Waals surface area contributed by atoms with Crippen LogP contribution in [0.4, 0.5) is 11.5 Å². The summed E-state index contributed by atoms with van der Waals surface area (Å²) < 4.78 is 0. The molecule has 134 valence electrons. The molecule has 3 heterocycles. The molecule has 3 N–H and O–H groups in total. The van der Waals surface area contributed by atoms with Gasteiger partial charge in [-0.1, -0.05) is 23.7 Å². The number of fused-ring (bicyclic) bond motifs is 1. The number of anilines is 2. The SMILES string of the molecule is Cc1ccnc(NC(=O)c2sc3nc(-c4ccc(Cl)cc4)ccc3c2N)c1. The molecule has 0 spiro atoms. The zero-order chi connectivity index (χ0) is 19.0. The number of thiophene rings is 1. The largest absolute Gasteiger partial charge is 0.397 e. The molecule has 1 aromatic carbocycles. The molecule has 0 aliphatic heterocycles. The van der Waals surface area contributed by atoms with Gasteiger partial charge in [0.15, 0.2) is 0 Å². The van der Waals surface area contributed by atoms with E-state index in [1.54, 1.807) is 12.3 Å². The fraction of sp³-hybridized carbons (Fsp3) is 0.0500. The van der Waals surface area contributed by atoms with Crippen LogP contribution in [0.15, 0.2) is 54.7 Å². The standard InChI is InChI=1S/C20H15ClN4OS/c1-11-8-9-23-16(10-11)25-19(26)18-17(22)14-6-7-15(24-20(14)27-18)12-2-4-13(21)5-3-12/h2-10H,22H2,1H3,(H,23,25,26). The number of rotatable bonds is 3. The van der Waals surface area contributed by atoms with Crippen molar-refractivity contribution >= 4 is 50.6 Å². The highest BCUT2D eigenvalue weighted by atomic mass is 35.5. The molecule has 0 atom stereocenters. The van der Waals surface area contributed by atoms with Crippen LogP contribution in [0.25, 0.3) is 21.5 Å². The molecule has 4 rings (SSSR count). The second kappa shape index (κ2) is 6.98. The highest BCUT2D eigenvalue weighted by molar-refractivity contribution is 7.21.